The van der Waals surface area contributed by atoms with Crippen LogP contribution in [0.5, 0.6) is 0 Å². The van der Waals surface area contributed by atoms with Crippen LogP contribution in [-0.4, -0.2) is 37.2 Å². The van der Waals surface area contributed by atoms with Crippen molar-refractivity contribution in [2.24, 2.45) is 0 Å². The Labute approximate surface area is 460 Å². The Bertz CT molecular complexity index is 1630. The van der Waals surface area contributed by atoms with Gasteiger partial charge in [0.15, 0.2) is 6.10 Å². The van der Waals surface area contributed by atoms with Gasteiger partial charge in [-0.3, -0.25) is 14.4 Å². The van der Waals surface area contributed by atoms with Gasteiger partial charge in [-0.2, -0.15) is 0 Å². The molecule has 0 aliphatic rings. The van der Waals surface area contributed by atoms with Crippen LogP contribution in [0.3, 0.4) is 0 Å². The Morgan fingerprint density at radius 3 is 0.773 bits per heavy atom. The maximum atomic E-state index is 12.9. The van der Waals surface area contributed by atoms with E-state index >= 15 is 0 Å². The SMILES string of the molecule is CCCCC/C=C\C/C=C\C/C=C\C/C=C\C/C=C\CCC(=O)OC(COC(=O)CCCCC/C=C\C/C=C\C/C=C\C/C=C\CCCCC)COC(=O)CCCCC/C=C\C/C=C\C/C=C\C/C=C\CCCCC. The molecule has 0 amide bonds. The van der Waals surface area contributed by atoms with Crippen molar-refractivity contribution in [3.05, 3.63) is 158 Å². The highest BCUT2D eigenvalue weighted by Crippen LogP contribution is 2.11. The molecule has 0 fully saturated rings. The third kappa shape index (κ3) is 59.8. The van der Waals surface area contributed by atoms with Gasteiger partial charge < -0.3 is 14.2 Å². The van der Waals surface area contributed by atoms with Gasteiger partial charge in [0.2, 0.25) is 0 Å². The summed E-state index contributed by atoms with van der Waals surface area (Å²) in [6.45, 7) is 6.43. The van der Waals surface area contributed by atoms with Crippen molar-refractivity contribution in [2.75, 3.05) is 13.2 Å². The van der Waals surface area contributed by atoms with E-state index in [1.165, 1.54) is 77.0 Å². The van der Waals surface area contributed by atoms with Gasteiger partial charge in [-0.15, -0.1) is 0 Å². The maximum Gasteiger partial charge on any atom is 0.306 e. The van der Waals surface area contributed by atoms with Crippen LogP contribution < -0.4 is 0 Å². The number of hydrogen-bond donors (Lipinski definition) is 0. The molecule has 0 radical (unpaired) electrons. The largest absolute Gasteiger partial charge is 0.462 e. The molecule has 0 unspecified atom stereocenters. The van der Waals surface area contributed by atoms with Crippen molar-refractivity contribution in [3.63, 3.8) is 0 Å². The van der Waals surface area contributed by atoms with Crippen LogP contribution in [0.1, 0.15) is 239 Å². The van der Waals surface area contributed by atoms with E-state index in [0.29, 0.717) is 19.3 Å². The first-order valence-corrected chi connectivity index (χ1v) is 30.0. The molecule has 0 atom stereocenters. The Morgan fingerprint density at radius 2 is 0.507 bits per heavy atom. The summed E-state index contributed by atoms with van der Waals surface area (Å²) in [4.78, 5) is 38.2. The van der Waals surface area contributed by atoms with Gasteiger partial charge in [-0.1, -0.05) is 230 Å². The highest BCUT2D eigenvalue weighted by atomic mass is 16.6. The summed E-state index contributed by atoms with van der Waals surface area (Å²) in [5.74, 6) is -1.09. The fraction of sp³-hybridized carbons (Fsp3) is 0.580. The third-order valence-corrected chi connectivity index (χ3v) is 12.0. The van der Waals surface area contributed by atoms with E-state index in [1.54, 1.807) is 0 Å². The molecule has 6 nitrogen and oxygen atoms in total. The normalized spacial score (nSPS) is 12.9. The van der Waals surface area contributed by atoms with Gasteiger partial charge in [0.05, 0.1) is 0 Å². The van der Waals surface area contributed by atoms with E-state index in [-0.39, 0.29) is 31.6 Å². The lowest BCUT2D eigenvalue weighted by Crippen LogP contribution is -2.30. The number of hydrogen-bond acceptors (Lipinski definition) is 6. The summed E-state index contributed by atoms with van der Waals surface area (Å²) in [5.41, 5.74) is 0. The predicted octanol–water partition coefficient (Wildman–Crippen LogP) is 20.5. The average Bonchev–Trinajstić information content (AvgIpc) is 3.41. The first-order valence-electron chi connectivity index (χ1n) is 30.0. The molecule has 0 N–H and O–H groups in total. The van der Waals surface area contributed by atoms with Gasteiger partial charge in [0, 0.05) is 19.3 Å². The molecule has 0 heterocycles. The van der Waals surface area contributed by atoms with Crippen LogP contribution in [0.15, 0.2) is 158 Å². The number of allylic oxidation sites excluding steroid dienone is 26. The second kappa shape index (κ2) is 61.6. The fourth-order valence-electron chi connectivity index (χ4n) is 7.45. The third-order valence-electron chi connectivity index (χ3n) is 12.0. The van der Waals surface area contributed by atoms with Gasteiger partial charge in [0.25, 0.3) is 0 Å². The minimum absolute atomic E-state index is 0.142. The van der Waals surface area contributed by atoms with Gasteiger partial charge in [-0.05, 0) is 148 Å². The molecule has 0 saturated carbocycles. The standard InChI is InChI=1S/C69H108O6/c1-4-7-10-13-16-19-22-25-28-31-34-37-40-43-46-49-52-55-58-61-67(70)73-64-66(75-69(72)63-60-57-54-51-48-45-42-39-36-33-30-27-24-21-18-15-12-9-6-3)65-74-68(71)62-59-56-53-50-47-44-41-38-35-32-29-26-23-20-17-14-11-8-5-2/h16-21,25-30,34-39,43-48,54,57,66H,4-15,22-24,31-33,40-42,49-53,55-56,58-65H2,1-3H3/b19-16-,20-17-,21-18-,28-25-,29-26-,30-27-,37-34-,38-35-,39-36-,46-43-,47-44-,48-45-,57-54-. The molecule has 0 aliphatic carbocycles. The minimum Gasteiger partial charge on any atom is -0.462 e. The zero-order valence-electron chi connectivity index (χ0n) is 48.0. The second-order valence-electron chi connectivity index (χ2n) is 19.2. The number of rotatable bonds is 52. The van der Waals surface area contributed by atoms with Crippen molar-refractivity contribution in [1.29, 1.82) is 0 Å². The summed E-state index contributed by atoms with van der Waals surface area (Å²) >= 11 is 0. The van der Waals surface area contributed by atoms with Crippen LogP contribution in [0.25, 0.3) is 0 Å². The maximum absolute atomic E-state index is 12.9. The predicted molar refractivity (Wildman–Crippen MR) is 325 cm³/mol. The molecule has 0 aliphatic heterocycles. The van der Waals surface area contributed by atoms with E-state index < -0.39 is 12.1 Å². The van der Waals surface area contributed by atoms with E-state index in [9.17, 15) is 14.4 Å². The molecule has 75 heavy (non-hydrogen) atoms. The lowest BCUT2D eigenvalue weighted by Gasteiger charge is -2.18. The summed E-state index contributed by atoms with van der Waals surface area (Å²) < 4.78 is 16.8. The average molecular weight is 1030 g/mol. The van der Waals surface area contributed by atoms with Crippen molar-refractivity contribution in [1.82, 2.24) is 0 Å². The zero-order valence-corrected chi connectivity index (χ0v) is 48.0. The molecule has 0 aromatic rings. The van der Waals surface area contributed by atoms with Gasteiger partial charge in [-0.25, -0.2) is 0 Å². The lowest BCUT2D eigenvalue weighted by molar-refractivity contribution is -0.166. The zero-order chi connectivity index (χ0) is 54.3. The quantitative estimate of drug-likeness (QED) is 0.0261. The molecule has 0 rings (SSSR count). The first kappa shape index (κ1) is 70.0. The van der Waals surface area contributed by atoms with E-state index in [2.05, 4.69) is 167 Å². The van der Waals surface area contributed by atoms with E-state index in [0.717, 1.165) is 116 Å². The topological polar surface area (TPSA) is 78.9 Å². The van der Waals surface area contributed by atoms with Crippen molar-refractivity contribution < 1.29 is 28.6 Å². The molecule has 6 heteroatoms. The van der Waals surface area contributed by atoms with Crippen LogP contribution in [-0.2, 0) is 28.6 Å². The number of unbranched alkanes of at least 4 members (excludes halogenated alkanes) is 15. The number of ether oxygens (including phenoxy) is 3. The number of esters is 3. The molecule has 0 aromatic heterocycles. The number of carbonyl (C=O) groups is 3. The van der Waals surface area contributed by atoms with Crippen molar-refractivity contribution in [2.45, 2.75) is 245 Å². The highest BCUT2D eigenvalue weighted by molar-refractivity contribution is 5.71. The fourth-order valence-corrected chi connectivity index (χ4v) is 7.45. The van der Waals surface area contributed by atoms with Gasteiger partial charge in [0.1, 0.15) is 13.2 Å². The highest BCUT2D eigenvalue weighted by Gasteiger charge is 2.19. The molecule has 0 aromatic carbocycles. The van der Waals surface area contributed by atoms with Gasteiger partial charge >= 0.3 is 17.9 Å². The Morgan fingerprint density at radius 1 is 0.267 bits per heavy atom. The lowest BCUT2D eigenvalue weighted by atomic mass is 10.1. The molecular formula is C69H108O6. The molecular weight excluding hydrogens is 925 g/mol. The summed E-state index contributed by atoms with van der Waals surface area (Å²) in [6.07, 6.45) is 89.5. The first-order chi connectivity index (χ1) is 37.0. The van der Waals surface area contributed by atoms with Crippen LogP contribution >= 0.6 is 0 Å². The van der Waals surface area contributed by atoms with Crippen molar-refractivity contribution >= 4 is 17.9 Å². The second-order valence-corrected chi connectivity index (χ2v) is 19.2. The molecule has 0 bridgehead atoms. The Balaban J connectivity index is 4.65. The Hall–Kier alpha value is -4.97. The van der Waals surface area contributed by atoms with E-state index in [4.69, 9.17) is 14.2 Å². The summed E-state index contributed by atoms with van der Waals surface area (Å²) in [7, 11) is 0. The molecule has 420 valence electrons. The molecule has 0 saturated heterocycles. The Kier molecular flexibility index (Phi) is 57.5. The van der Waals surface area contributed by atoms with Crippen molar-refractivity contribution in [3.8, 4) is 0 Å². The van der Waals surface area contributed by atoms with Crippen LogP contribution in [0.2, 0.25) is 0 Å². The minimum atomic E-state index is -0.854. The summed E-state index contributed by atoms with van der Waals surface area (Å²) in [6, 6.07) is 0. The van der Waals surface area contributed by atoms with E-state index in [1.807, 2.05) is 12.2 Å². The van der Waals surface area contributed by atoms with Crippen LogP contribution in [0, 0.1) is 0 Å². The smallest absolute Gasteiger partial charge is 0.306 e. The monoisotopic (exact) mass is 1030 g/mol. The number of carbonyl (C=O) groups excluding carboxylic acids is 3. The summed E-state index contributed by atoms with van der Waals surface area (Å²) in [5, 5.41) is 0. The van der Waals surface area contributed by atoms with Crippen LogP contribution in [0.4, 0.5) is 0 Å². The molecule has 0 spiro atoms.